The molecular weight excluding hydrogens is 231 g/mol. The van der Waals surface area contributed by atoms with Gasteiger partial charge in [-0.2, -0.15) is 0 Å². The Labute approximate surface area is 107 Å². The van der Waals surface area contributed by atoms with E-state index >= 15 is 0 Å². The zero-order valence-electron chi connectivity index (χ0n) is 10.9. The number of amides is 1. The van der Waals surface area contributed by atoms with E-state index in [-0.39, 0.29) is 17.3 Å². The van der Waals surface area contributed by atoms with E-state index in [1.807, 2.05) is 0 Å². The molecule has 1 fully saturated rings. The summed E-state index contributed by atoms with van der Waals surface area (Å²) in [6.45, 7) is 4.89. The summed E-state index contributed by atoms with van der Waals surface area (Å²) in [5, 5.41) is 0. The molecule has 1 aliphatic heterocycles. The lowest BCUT2D eigenvalue weighted by molar-refractivity contribution is 0.0386. The van der Waals surface area contributed by atoms with Gasteiger partial charge in [-0.3, -0.25) is 4.79 Å². The van der Waals surface area contributed by atoms with Gasteiger partial charge in [0.15, 0.2) is 0 Å². The molecule has 0 spiro atoms. The van der Waals surface area contributed by atoms with Gasteiger partial charge in [-0.1, -0.05) is 19.4 Å². The number of halogens is 1. The molecule has 18 heavy (non-hydrogen) atoms. The molecule has 0 atom stereocenters. The molecule has 3 nitrogen and oxygen atoms in total. The van der Waals surface area contributed by atoms with E-state index in [0.717, 1.165) is 12.8 Å². The van der Waals surface area contributed by atoms with E-state index in [2.05, 4.69) is 6.92 Å². The molecule has 0 aromatic heterocycles. The van der Waals surface area contributed by atoms with E-state index < -0.39 is 0 Å². The lowest BCUT2D eigenvalue weighted by Crippen LogP contribution is -2.68. The molecule has 1 aliphatic rings. The van der Waals surface area contributed by atoms with Crippen molar-refractivity contribution < 1.29 is 9.18 Å². The second kappa shape index (κ2) is 4.69. The summed E-state index contributed by atoms with van der Waals surface area (Å²) in [5.41, 5.74) is 6.81. The number of benzene rings is 1. The molecule has 2 N–H and O–H groups in total. The van der Waals surface area contributed by atoms with Crippen LogP contribution in [0.2, 0.25) is 0 Å². The maximum Gasteiger partial charge on any atom is 0.254 e. The normalized spacial score (nSPS) is 17.4. The third-order valence-corrected chi connectivity index (χ3v) is 3.47. The van der Waals surface area contributed by atoms with Crippen LogP contribution in [0.4, 0.5) is 4.39 Å². The number of nitrogens with two attached hydrogens (primary N) is 1. The van der Waals surface area contributed by atoms with Crippen LogP contribution >= 0.6 is 0 Å². The molecule has 0 saturated carbocycles. The van der Waals surface area contributed by atoms with Crippen molar-refractivity contribution in [2.24, 2.45) is 5.73 Å². The van der Waals surface area contributed by atoms with E-state index in [4.69, 9.17) is 5.73 Å². The first-order valence-electron chi connectivity index (χ1n) is 6.29. The standard InChI is InChI=1S/C14H19FN2O/c1-3-6-14(16)8-17(9-14)13(18)11-5-4-10(2)12(15)7-11/h4-5,7H,3,6,8-9,16H2,1-2H3. The van der Waals surface area contributed by atoms with Crippen LogP contribution in [0, 0.1) is 12.7 Å². The molecule has 2 rings (SSSR count). The van der Waals surface area contributed by atoms with Crippen LogP contribution in [0.3, 0.4) is 0 Å². The zero-order chi connectivity index (χ0) is 13.3. The Morgan fingerprint density at radius 1 is 1.50 bits per heavy atom. The quantitative estimate of drug-likeness (QED) is 0.892. The van der Waals surface area contributed by atoms with Gasteiger partial charge in [0.05, 0.1) is 5.54 Å². The SMILES string of the molecule is CCCC1(N)CN(C(=O)c2ccc(C)c(F)c2)C1. The second-order valence-electron chi connectivity index (χ2n) is 5.24. The average molecular weight is 250 g/mol. The number of rotatable bonds is 3. The number of likely N-dealkylation sites (tertiary alicyclic amines) is 1. The Balaban J connectivity index is 2.03. The van der Waals surface area contributed by atoms with E-state index in [0.29, 0.717) is 24.2 Å². The predicted molar refractivity (Wildman–Crippen MR) is 68.9 cm³/mol. The molecule has 0 bridgehead atoms. The minimum Gasteiger partial charge on any atom is -0.335 e. The first-order valence-corrected chi connectivity index (χ1v) is 6.29. The molecule has 0 unspecified atom stereocenters. The summed E-state index contributed by atoms with van der Waals surface area (Å²) in [7, 11) is 0. The smallest absolute Gasteiger partial charge is 0.254 e. The monoisotopic (exact) mass is 250 g/mol. The summed E-state index contributed by atoms with van der Waals surface area (Å²) >= 11 is 0. The van der Waals surface area contributed by atoms with Crippen LogP contribution in [-0.4, -0.2) is 29.4 Å². The van der Waals surface area contributed by atoms with Crippen molar-refractivity contribution in [2.75, 3.05) is 13.1 Å². The molecule has 1 saturated heterocycles. The maximum absolute atomic E-state index is 13.4. The Hall–Kier alpha value is -1.42. The fourth-order valence-corrected chi connectivity index (χ4v) is 2.42. The summed E-state index contributed by atoms with van der Waals surface area (Å²) in [4.78, 5) is 13.8. The van der Waals surface area contributed by atoms with Crippen LogP contribution < -0.4 is 5.73 Å². The summed E-state index contributed by atoms with van der Waals surface area (Å²) in [6, 6.07) is 4.59. The fraction of sp³-hybridized carbons (Fsp3) is 0.500. The van der Waals surface area contributed by atoms with Crippen LogP contribution in [0.5, 0.6) is 0 Å². The Morgan fingerprint density at radius 3 is 2.72 bits per heavy atom. The Bertz CT molecular complexity index is 467. The van der Waals surface area contributed by atoms with Crippen molar-refractivity contribution >= 4 is 5.91 Å². The van der Waals surface area contributed by atoms with Gasteiger partial charge in [0.1, 0.15) is 5.82 Å². The number of hydrogen-bond acceptors (Lipinski definition) is 2. The maximum atomic E-state index is 13.4. The van der Waals surface area contributed by atoms with Crippen LogP contribution in [0.1, 0.15) is 35.7 Å². The van der Waals surface area contributed by atoms with Crippen molar-refractivity contribution in [1.29, 1.82) is 0 Å². The highest BCUT2D eigenvalue weighted by Gasteiger charge is 2.41. The van der Waals surface area contributed by atoms with Gasteiger partial charge in [-0.05, 0) is 31.0 Å². The van der Waals surface area contributed by atoms with E-state index in [9.17, 15) is 9.18 Å². The van der Waals surface area contributed by atoms with Gasteiger partial charge in [0, 0.05) is 18.7 Å². The highest BCUT2D eigenvalue weighted by molar-refractivity contribution is 5.95. The lowest BCUT2D eigenvalue weighted by Gasteiger charge is -2.47. The minimum absolute atomic E-state index is 0.133. The summed E-state index contributed by atoms with van der Waals surface area (Å²) < 4.78 is 13.4. The number of carbonyl (C=O) groups excluding carboxylic acids is 1. The molecule has 0 radical (unpaired) electrons. The van der Waals surface area contributed by atoms with Gasteiger partial charge in [-0.25, -0.2) is 4.39 Å². The molecule has 4 heteroatoms. The van der Waals surface area contributed by atoms with Gasteiger partial charge < -0.3 is 10.6 Å². The average Bonchev–Trinajstić information content (AvgIpc) is 2.29. The lowest BCUT2D eigenvalue weighted by atomic mass is 9.86. The number of carbonyl (C=O) groups is 1. The zero-order valence-corrected chi connectivity index (χ0v) is 10.9. The second-order valence-corrected chi connectivity index (χ2v) is 5.24. The summed E-state index contributed by atoms with van der Waals surface area (Å²) in [5.74, 6) is -0.472. The molecule has 1 heterocycles. The number of hydrogen-bond donors (Lipinski definition) is 1. The highest BCUT2D eigenvalue weighted by atomic mass is 19.1. The number of nitrogens with zero attached hydrogens (tertiary/aromatic N) is 1. The minimum atomic E-state index is -0.339. The highest BCUT2D eigenvalue weighted by Crippen LogP contribution is 2.25. The molecule has 1 aromatic rings. The summed E-state index contributed by atoms with van der Waals surface area (Å²) in [6.07, 6.45) is 1.93. The first kappa shape index (κ1) is 13.0. The topological polar surface area (TPSA) is 46.3 Å². The number of aryl methyl sites for hydroxylation is 1. The fourth-order valence-electron chi connectivity index (χ4n) is 2.42. The van der Waals surface area contributed by atoms with Crippen molar-refractivity contribution in [3.8, 4) is 0 Å². The van der Waals surface area contributed by atoms with Gasteiger partial charge in [0.2, 0.25) is 0 Å². The van der Waals surface area contributed by atoms with Crippen molar-refractivity contribution in [1.82, 2.24) is 4.90 Å². The van der Waals surface area contributed by atoms with Gasteiger partial charge >= 0.3 is 0 Å². The van der Waals surface area contributed by atoms with E-state index in [1.165, 1.54) is 6.07 Å². The molecule has 0 aliphatic carbocycles. The van der Waals surface area contributed by atoms with Crippen molar-refractivity contribution in [2.45, 2.75) is 32.2 Å². The van der Waals surface area contributed by atoms with E-state index in [1.54, 1.807) is 24.0 Å². The van der Waals surface area contributed by atoms with Crippen molar-refractivity contribution in [3.63, 3.8) is 0 Å². The Morgan fingerprint density at radius 2 is 2.17 bits per heavy atom. The van der Waals surface area contributed by atoms with Crippen LogP contribution in [0.15, 0.2) is 18.2 Å². The first-order chi connectivity index (χ1) is 8.45. The molecule has 1 aromatic carbocycles. The third kappa shape index (κ3) is 2.38. The Kier molecular flexibility index (Phi) is 3.39. The largest absolute Gasteiger partial charge is 0.335 e. The van der Waals surface area contributed by atoms with Gasteiger partial charge in [-0.15, -0.1) is 0 Å². The van der Waals surface area contributed by atoms with Gasteiger partial charge in [0.25, 0.3) is 5.91 Å². The van der Waals surface area contributed by atoms with Crippen molar-refractivity contribution in [3.05, 3.63) is 35.1 Å². The molecule has 1 amide bonds. The van der Waals surface area contributed by atoms with Crippen LogP contribution in [0.25, 0.3) is 0 Å². The van der Waals surface area contributed by atoms with Crippen LogP contribution in [-0.2, 0) is 0 Å². The predicted octanol–water partition coefficient (Wildman–Crippen LogP) is 2.09. The third-order valence-electron chi connectivity index (χ3n) is 3.47. The molecular formula is C14H19FN2O. The molecule has 98 valence electrons.